The Balaban J connectivity index is 3.30. The Bertz CT molecular complexity index is 990. The molecule has 0 aliphatic heterocycles. The molecule has 0 aliphatic carbocycles. The molecule has 2 unspecified atom stereocenters. The predicted molar refractivity (Wildman–Crippen MR) is 301 cm³/mol. The van der Waals surface area contributed by atoms with Crippen LogP contribution < -0.4 is 5.32 Å². The van der Waals surface area contributed by atoms with Gasteiger partial charge in [-0.1, -0.05) is 328 Å². The number of unbranched alkanes of at least 4 members (excludes halogenated alkanes) is 49. The van der Waals surface area contributed by atoms with Gasteiger partial charge in [0.25, 0.3) is 0 Å². The van der Waals surface area contributed by atoms with Crippen molar-refractivity contribution in [2.75, 3.05) is 13.2 Å². The van der Waals surface area contributed by atoms with Crippen LogP contribution in [0.25, 0.3) is 0 Å². The molecule has 0 saturated carbocycles. The van der Waals surface area contributed by atoms with Gasteiger partial charge < -0.3 is 20.3 Å². The van der Waals surface area contributed by atoms with E-state index in [1.54, 1.807) is 0 Å². The Morgan fingerprint density at radius 1 is 0.348 bits per heavy atom. The van der Waals surface area contributed by atoms with Crippen molar-refractivity contribution in [2.24, 2.45) is 0 Å². The highest BCUT2D eigenvalue weighted by Gasteiger charge is 2.20. The maximum absolute atomic E-state index is 12.4. The Morgan fingerprint density at radius 2 is 0.594 bits per heavy atom. The van der Waals surface area contributed by atoms with Crippen LogP contribution in [-0.4, -0.2) is 47.4 Å². The predicted octanol–water partition coefficient (Wildman–Crippen LogP) is 19.9. The van der Waals surface area contributed by atoms with Crippen LogP contribution in [-0.2, 0) is 14.3 Å². The van der Waals surface area contributed by atoms with Gasteiger partial charge in [0.05, 0.1) is 25.4 Å². The zero-order chi connectivity index (χ0) is 50.0. The fourth-order valence-corrected chi connectivity index (χ4v) is 10.3. The third-order valence-electron chi connectivity index (χ3n) is 15.2. The van der Waals surface area contributed by atoms with E-state index in [0.717, 1.165) is 38.5 Å². The van der Waals surface area contributed by atoms with Crippen molar-refractivity contribution in [1.29, 1.82) is 0 Å². The minimum atomic E-state index is -0.660. The van der Waals surface area contributed by atoms with Crippen LogP contribution in [0.4, 0.5) is 0 Å². The second-order valence-corrected chi connectivity index (χ2v) is 22.1. The second kappa shape index (κ2) is 59.4. The first-order valence-electron chi connectivity index (χ1n) is 31.8. The first-order valence-corrected chi connectivity index (χ1v) is 31.8. The molecule has 69 heavy (non-hydrogen) atoms. The summed E-state index contributed by atoms with van der Waals surface area (Å²) in [6.45, 7) is 4.97. The molecule has 0 aliphatic rings. The molecule has 0 aromatic carbocycles. The summed E-state index contributed by atoms with van der Waals surface area (Å²) in [7, 11) is 0. The van der Waals surface area contributed by atoms with Crippen molar-refractivity contribution < 1.29 is 24.5 Å². The fraction of sp³-hybridized carbons (Fsp3) is 0.968. The number of esters is 1. The van der Waals surface area contributed by atoms with Crippen molar-refractivity contribution in [2.45, 2.75) is 379 Å². The molecular weight excluding hydrogens is 851 g/mol. The zero-order valence-corrected chi connectivity index (χ0v) is 47.1. The molecular formula is C63H125NO5. The lowest BCUT2D eigenvalue weighted by Crippen LogP contribution is -2.45. The molecule has 0 aromatic rings. The highest BCUT2D eigenvalue weighted by Crippen LogP contribution is 2.19. The monoisotopic (exact) mass is 976 g/mol. The van der Waals surface area contributed by atoms with E-state index in [0.29, 0.717) is 25.9 Å². The largest absolute Gasteiger partial charge is 0.466 e. The lowest BCUT2D eigenvalue weighted by Gasteiger charge is -2.22. The van der Waals surface area contributed by atoms with Gasteiger partial charge in [0.1, 0.15) is 0 Å². The molecule has 0 spiro atoms. The summed E-state index contributed by atoms with van der Waals surface area (Å²) in [5.74, 6) is -0.0115. The van der Waals surface area contributed by atoms with Crippen molar-refractivity contribution in [3.63, 3.8) is 0 Å². The Morgan fingerprint density at radius 3 is 0.884 bits per heavy atom. The molecule has 0 saturated heterocycles. The lowest BCUT2D eigenvalue weighted by atomic mass is 10.0. The summed E-state index contributed by atoms with van der Waals surface area (Å²) in [6.07, 6.45) is 69.9. The topological polar surface area (TPSA) is 95.9 Å². The van der Waals surface area contributed by atoms with E-state index < -0.39 is 12.1 Å². The van der Waals surface area contributed by atoms with Crippen LogP contribution in [0.5, 0.6) is 0 Å². The smallest absolute Gasteiger partial charge is 0.305 e. The van der Waals surface area contributed by atoms with Gasteiger partial charge >= 0.3 is 5.97 Å². The van der Waals surface area contributed by atoms with Gasteiger partial charge in [-0.2, -0.15) is 0 Å². The number of hydrogen-bond donors (Lipinski definition) is 3. The third-order valence-corrected chi connectivity index (χ3v) is 15.2. The van der Waals surface area contributed by atoms with Gasteiger partial charge in [0.15, 0.2) is 0 Å². The number of carbonyl (C=O) groups is 2. The quantitative estimate of drug-likeness (QED) is 0.0417. The van der Waals surface area contributed by atoms with Crippen molar-refractivity contribution in [1.82, 2.24) is 5.32 Å². The lowest BCUT2D eigenvalue weighted by molar-refractivity contribution is -0.143. The first kappa shape index (κ1) is 67.9. The molecule has 0 bridgehead atoms. The Hall–Kier alpha value is -1.14. The van der Waals surface area contributed by atoms with Gasteiger partial charge in [-0.25, -0.2) is 0 Å². The molecule has 0 fully saturated rings. The summed E-state index contributed by atoms with van der Waals surface area (Å²) in [5, 5.41) is 23.2. The van der Waals surface area contributed by atoms with Crippen molar-refractivity contribution in [3.8, 4) is 0 Å². The standard InChI is InChI=1S/C63H125NO5/c1-3-5-7-9-11-13-15-16-17-27-31-34-37-41-45-49-53-57-63(68)69-58-54-50-46-42-38-35-32-29-26-24-22-20-18-19-21-23-25-28-30-33-36-40-44-48-52-56-62(67)64-60(59-65)61(66)55-51-47-43-39-14-12-10-8-6-4-2/h60-61,65-66H,3-59H2,1-2H3,(H,64,67). The van der Waals surface area contributed by atoms with E-state index in [1.165, 1.54) is 295 Å². The van der Waals surface area contributed by atoms with Crippen molar-refractivity contribution >= 4 is 11.9 Å². The maximum Gasteiger partial charge on any atom is 0.305 e. The molecule has 412 valence electrons. The highest BCUT2D eigenvalue weighted by molar-refractivity contribution is 5.76. The van der Waals surface area contributed by atoms with Crippen LogP contribution in [0.1, 0.15) is 367 Å². The molecule has 0 rings (SSSR count). The SMILES string of the molecule is CCCCCCCCCCCCCCCCCCCC(=O)OCCCCCCCCCCCCCCCCCCCCCCCCCCCC(=O)NC(CO)C(O)CCCCCCCCCCCC. The number of rotatable bonds is 60. The molecule has 0 aromatic heterocycles. The number of aliphatic hydroxyl groups excluding tert-OH is 2. The third kappa shape index (κ3) is 56.0. The van der Waals surface area contributed by atoms with Crippen LogP contribution in [0, 0.1) is 0 Å². The number of nitrogens with one attached hydrogen (secondary N) is 1. The molecule has 2 atom stereocenters. The summed E-state index contributed by atoms with van der Waals surface area (Å²) in [5.41, 5.74) is 0. The van der Waals surface area contributed by atoms with Crippen molar-refractivity contribution in [3.05, 3.63) is 0 Å². The van der Waals surface area contributed by atoms with Crippen LogP contribution in [0.3, 0.4) is 0 Å². The summed E-state index contributed by atoms with van der Waals surface area (Å²) < 4.78 is 5.50. The average Bonchev–Trinajstić information content (AvgIpc) is 3.35. The van der Waals surface area contributed by atoms with Gasteiger partial charge in [-0.05, 0) is 25.7 Å². The Kier molecular flexibility index (Phi) is 58.4. The van der Waals surface area contributed by atoms with Crippen LogP contribution in [0.15, 0.2) is 0 Å². The summed E-state index contributed by atoms with van der Waals surface area (Å²) >= 11 is 0. The zero-order valence-electron chi connectivity index (χ0n) is 47.1. The van der Waals surface area contributed by atoms with E-state index >= 15 is 0 Å². The number of aliphatic hydroxyl groups is 2. The number of ether oxygens (including phenoxy) is 1. The minimum Gasteiger partial charge on any atom is -0.466 e. The molecule has 3 N–H and O–H groups in total. The highest BCUT2D eigenvalue weighted by atomic mass is 16.5. The fourth-order valence-electron chi connectivity index (χ4n) is 10.3. The van der Waals surface area contributed by atoms with E-state index in [2.05, 4.69) is 19.2 Å². The van der Waals surface area contributed by atoms with Crippen LogP contribution in [0.2, 0.25) is 0 Å². The molecule has 0 heterocycles. The summed E-state index contributed by atoms with van der Waals surface area (Å²) in [4.78, 5) is 24.5. The molecule has 6 nitrogen and oxygen atoms in total. The minimum absolute atomic E-state index is 0.0212. The molecule has 6 heteroatoms. The van der Waals surface area contributed by atoms with Gasteiger partial charge in [0.2, 0.25) is 5.91 Å². The molecule has 1 amide bonds. The van der Waals surface area contributed by atoms with Gasteiger partial charge in [0, 0.05) is 12.8 Å². The van der Waals surface area contributed by atoms with E-state index in [1.807, 2.05) is 0 Å². The number of hydrogen-bond acceptors (Lipinski definition) is 5. The average molecular weight is 977 g/mol. The second-order valence-electron chi connectivity index (χ2n) is 22.1. The normalized spacial score (nSPS) is 12.5. The van der Waals surface area contributed by atoms with E-state index in [-0.39, 0.29) is 18.5 Å². The molecule has 0 radical (unpaired) electrons. The van der Waals surface area contributed by atoms with Gasteiger partial charge in [-0.15, -0.1) is 0 Å². The van der Waals surface area contributed by atoms with Gasteiger partial charge in [-0.3, -0.25) is 9.59 Å². The Labute approximate surface area is 432 Å². The summed E-state index contributed by atoms with van der Waals surface area (Å²) in [6, 6.07) is -0.537. The van der Waals surface area contributed by atoms with Crippen LogP contribution >= 0.6 is 0 Å². The van der Waals surface area contributed by atoms with E-state index in [4.69, 9.17) is 4.74 Å². The first-order chi connectivity index (χ1) is 34.0. The maximum atomic E-state index is 12.4. The number of carbonyl (C=O) groups excluding carboxylic acids is 2. The van der Waals surface area contributed by atoms with E-state index in [9.17, 15) is 19.8 Å². The number of amides is 1.